The molecule has 1 fully saturated rings. The Morgan fingerprint density at radius 1 is 1.45 bits per heavy atom. The molecule has 2 N–H and O–H groups in total. The quantitative estimate of drug-likeness (QED) is 0.885. The maximum atomic E-state index is 12.7. The summed E-state index contributed by atoms with van der Waals surface area (Å²) in [7, 11) is 1.65. The Balaban J connectivity index is 2.18. The van der Waals surface area contributed by atoms with Crippen molar-refractivity contribution in [2.75, 3.05) is 32.1 Å². The number of aryl methyl sites for hydroxylation is 1. The Labute approximate surface area is 128 Å². The Kier molecular flexibility index (Phi) is 5.18. The van der Waals surface area contributed by atoms with Crippen molar-refractivity contribution in [1.29, 1.82) is 0 Å². The molecule has 0 unspecified atom stereocenters. The lowest BCUT2D eigenvalue weighted by molar-refractivity contribution is -0.130. The van der Waals surface area contributed by atoms with E-state index in [1.807, 2.05) is 25.1 Å². The van der Waals surface area contributed by atoms with E-state index in [1.54, 1.807) is 7.11 Å². The average molecular weight is 341 g/mol. The van der Waals surface area contributed by atoms with Crippen molar-refractivity contribution < 1.29 is 9.53 Å². The number of hydrogen-bond donors (Lipinski definition) is 2. The van der Waals surface area contributed by atoms with E-state index in [0.29, 0.717) is 6.61 Å². The van der Waals surface area contributed by atoms with Crippen LogP contribution < -0.4 is 10.6 Å². The number of anilines is 1. The standard InChI is InChI=1S/C15H21BrN2O2/c1-11-3-4-12(16)13(9-11)18-14(19)15(10-20-2)5-7-17-8-6-15/h3-4,9,17H,5-8,10H2,1-2H3,(H,18,19). The molecule has 0 radical (unpaired) electrons. The van der Waals surface area contributed by atoms with Gasteiger partial charge in [0.2, 0.25) is 5.91 Å². The van der Waals surface area contributed by atoms with Gasteiger partial charge in [0.15, 0.2) is 0 Å². The van der Waals surface area contributed by atoms with Crippen LogP contribution in [0.2, 0.25) is 0 Å². The number of carbonyl (C=O) groups excluding carboxylic acids is 1. The molecule has 0 spiro atoms. The summed E-state index contributed by atoms with van der Waals surface area (Å²) in [6.45, 7) is 4.18. The van der Waals surface area contributed by atoms with Gasteiger partial charge in [0.25, 0.3) is 0 Å². The number of rotatable bonds is 4. The number of methoxy groups -OCH3 is 1. The van der Waals surface area contributed by atoms with Gasteiger partial charge in [0.1, 0.15) is 0 Å². The minimum absolute atomic E-state index is 0.0483. The maximum absolute atomic E-state index is 12.7. The molecule has 2 rings (SSSR count). The van der Waals surface area contributed by atoms with Crippen molar-refractivity contribution >= 4 is 27.5 Å². The van der Waals surface area contributed by atoms with Crippen molar-refractivity contribution in [1.82, 2.24) is 5.32 Å². The third-order valence-corrected chi connectivity index (χ3v) is 4.52. The van der Waals surface area contributed by atoms with Crippen LogP contribution in [0.15, 0.2) is 22.7 Å². The van der Waals surface area contributed by atoms with Crippen LogP contribution in [0.1, 0.15) is 18.4 Å². The van der Waals surface area contributed by atoms with Crippen LogP contribution in [0.3, 0.4) is 0 Å². The summed E-state index contributed by atoms with van der Waals surface area (Å²) < 4.78 is 6.20. The number of benzene rings is 1. The highest BCUT2D eigenvalue weighted by Crippen LogP contribution is 2.32. The van der Waals surface area contributed by atoms with Crippen LogP contribution >= 0.6 is 15.9 Å². The highest BCUT2D eigenvalue weighted by Gasteiger charge is 2.39. The zero-order valence-electron chi connectivity index (χ0n) is 12.0. The molecule has 0 aliphatic carbocycles. The van der Waals surface area contributed by atoms with Gasteiger partial charge >= 0.3 is 0 Å². The normalized spacial score (nSPS) is 17.8. The van der Waals surface area contributed by atoms with Crippen molar-refractivity contribution in [2.45, 2.75) is 19.8 Å². The van der Waals surface area contributed by atoms with E-state index >= 15 is 0 Å². The molecule has 4 nitrogen and oxygen atoms in total. The third-order valence-electron chi connectivity index (χ3n) is 3.83. The van der Waals surface area contributed by atoms with Gasteiger partial charge in [-0.1, -0.05) is 6.07 Å². The highest BCUT2D eigenvalue weighted by atomic mass is 79.9. The largest absolute Gasteiger partial charge is 0.384 e. The minimum Gasteiger partial charge on any atom is -0.384 e. The van der Waals surface area contributed by atoms with E-state index in [4.69, 9.17) is 4.74 Å². The summed E-state index contributed by atoms with van der Waals surface area (Å²) in [6, 6.07) is 5.94. The first-order valence-corrected chi connectivity index (χ1v) is 7.64. The van der Waals surface area contributed by atoms with Crippen LogP contribution in [0.4, 0.5) is 5.69 Å². The Hall–Kier alpha value is -0.910. The molecule has 1 saturated heterocycles. The number of nitrogens with one attached hydrogen (secondary N) is 2. The molecule has 0 bridgehead atoms. The molecule has 1 aliphatic rings. The number of amides is 1. The first-order chi connectivity index (χ1) is 9.57. The van der Waals surface area contributed by atoms with Gasteiger partial charge in [-0.2, -0.15) is 0 Å². The van der Waals surface area contributed by atoms with Gasteiger partial charge < -0.3 is 15.4 Å². The summed E-state index contributed by atoms with van der Waals surface area (Å²) in [6.07, 6.45) is 1.60. The van der Waals surface area contributed by atoms with E-state index in [0.717, 1.165) is 41.7 Å². The second-order valence-corrected chi connectivity index (χ2v) is 6.26. The Morgan fingerprint density at radius 2 is 2.15 bits per heavy atom. The fraction of sp³-hybridized carbons (Fsp3) is 0.533. The van der Waals surface area contributed by atoms with Crippen LogP contribution in [0, 0.1) is 12.3 Å². The van der Waals surface area contributed by atoms with E-state index in [1.165, 1.54) is 0 Å². The second kappa shape index (κ2) is 6.70. The summed E-state index contributed by atoms with van der Waals surface area (Å²) in [5, 5.41) is 6.35. The average Bonchev–Trinajstić information content (AvgIpc) is 2.44. The van der Waals surface area contributed by atoms with Gasteiger partial charge in [0, 0.05) is 11.6 Å². The first kappa shape index (κ1) is 15.5. The second-order valence-electron chi connectivity index (χ2n) is 5.40. The Bertz CT molecular complexity index is 479. The molecule has 20 heavy (non-hydrogen) atoms. The topological polar surface area (TPSA) is 50.4 Å². The molecule has 1 aromatic rings. The van der Waals surface area contributed by atoms with Crippen LogP contribution in [-0.2, 0) is 9.53 Å². The van der Waals surface area contributed by atoms with Gasteiger partial charge in [-0.3, -0.25) is 4.79 Å². The van der Waals surface area contributed by atoms with Crippen LogP contribution in [0.25, 0.3) is 0 Å². The molecule has 1 amide bonds. The molecule has 110 valence electrons. The van der Waals surface area contributed by atoms with E-state index in [2.05, 4.69) is 26.6 Å². The van der Waals surface area contributed by atoms with Crippen molar-refractivity contribution in [3.8, 4) is 0 Å². The van der Waals surface area contributed by atoms with Gasteiger partial charge in [0.05, 0.1) is 17.7 Å². The molecule has 1 aromatic carbocycles. The van der Waals surface area contributed by atoms with E-state index in [9.17, 15) is 4.79 Å². The predicted octanol–water partition coefficient (Wildman–Crippen LogP) is 2.71. The highest BCUT2D eigenvalue weighted by molar-refractivity contribution is 9.10. The zero-order chi connectivity index (χ0) is 14.6. The third kappa shape index (κ3) is 3.40. The lowest BCUT2D eigenvalue weighted by atomic mass is 9.78. The van der Waals surface area contributed by atoms with E-state index in [-0.39, 0.29) is 5.91 Å². The number of piperidine rings is 1. The van der Waals surface area contributed by atoms with Gasteiger partial charge in [-0.05, 0) is 66.5 Å². The molecular weight excluding hydrogens is 320 g/mol. The molecule has 1 aliphatic heterocycles. The number of hydrogen-bond acceptors (Lipinski definition) is 3. The van der Waals surface area contributed by atoms with Crippen LogP contribution in [0.5, 0.6) is 0 Å². The molecule has 1 heterocycles. The summed E-state index contributed by atoms with van der Waals surface area (Å²) in [5.41, 5.74) is 1.52. The fourth-order valence-electron chi connectivity index (χ4n) is 2.61. The smallest absolute Gasteiger partial charge is 0.233 e. The summed E-state index contributed by atoms with van der Waals surface area (Å²) in [4.78, 5) is 12.7. The summed E-state index contributed by atoms with van der Waals surface area (Å²) >= 11 is 3.48. The lowest BCUT2D eigenvalue weighted by Gasteiger charge is -2.35. The summed E-state index contributed by atoms with van der Waals surface area (Å²) in [5.74, 6) is 0.0483. The fourth-order valence-corrected chi connectivity index (χ4v) is 2.95. The number of carbonyl (C=O) groups is 1. The maximum Gasteiger partial charge on any atom is 0.233 e. The zero-order valence-corrected chi connectivity index (χ0v) is 13.5. The number of ether oxygens (including phenoxy) is 1. The predicted molar refractivity (Wildman–Crippen MR) is 83.9 cm³/mol. The molecule has 0 saturated carbocycles. The van der Waals surface area contributed by atoms with Crippen molar-refractivity contribution in [3.05, 3.63) is 28.2 Å². The van der Waals surface area contributed by atoms with Crippen molar-refractivity contribution in [3.63, 3.8) is 0 Å². The SMILES string of the molecule is COCC1(C(=O)Nc2cc(C)ccc2Br)CCNCC1. The van der Waals surface area contributed by atoms with E-state index < -0.39 is 5.41 Å². The number of halogens is 1. The molecule has 5 heteroatoms. The Morgan fingerprint density at radius 3 is 2.80 bits per heavy atom. The molecular formula is C15H21BrN2O2. The minimum atomic E-state index is -0.427. The monoisotopic (exact) mass is 340 g/mol. The van der Waals surface area contributed by atoms with Crippen molar-refractivity contribution in [2.24, 2.45) is 5.41 Å². The van der Waals surface area contributed by atoms with Crippen LogP contribution in [-0.4, -0.2) is 32.7 Å². The van der Waals surface area contributed by atoms with Gasteiger partial charge in [-0.15, -0.1) is 0 Å². The first-order valence-electron chi connectivity index (χ1n) is 6.85. The van der Waals surface area contributed by atoms with Gasteiger partial charge in [-0.25, -0.2) is 0 Å². The molecule has 0 atom stereocenters. The molecule has 0 aromatic heterocycles. The lowest BCUT2D eigenvalue weighted by Crippen LogP contribution is -2.47.